The predicted octanol–water partition coefficient (Wildman–Crippen LogP) is 2.88. The summed E-state index contributed by atoms with van der Waals surface area (Å²) in [5.41, 5.74) is 1.01. The van der Waals surface area contributed by atoms with E-state index in [0.29, 0.717) is 0 Å². The fourth-order valence-corrected chi connectivity index (χ4v) is 1.63. The van der Waals surface area contributed by atoms with Crippen LogP contribution in [-0.4, -0.2) is 27.3 Å². The molecule has 1 rings (SSSR count). The Balaban J connectivity index is 3.07. The molecule has 0 saturated heterocycles. The van der Waals surface area contributed by atoms with Crippen LogP contribution in [0.2, 0.25) is 0 Å². The molecule has 1 aromatic rings. The highest BCUT2D eigenvalue weighted by Crippen LogP contribution is 2.32. The Morgan fingerprint density at radius 1 is 1.12 bits per heavy atom. The Labute approximate surface area is 103 Å². The monoisotopic (exact) mass is 233 g/mol. The van der Waals surface area contributed by atoms with E-state index < -0.39 is 0 Å². The second-order valence-electron chi connectivity index (χ2n) is 3.52. The molecule has 0 aromatic heterocycles. The maximum Gasteiger partial charge on any atom is 0.145 e. The third-order valence-electron chi connectivity index (χ3n) is 2.43. The molecule has 0 atom stereocenters. The summed E-state index contributed by atoms with van der Waals surface area (Å²) in [7, 11) is 3.29. The quantitative estimate of drug-likeness (QED) is 0.676. The minimum Gasteiger partial charge on any atom is -0.497 e. The summed E-state index contributed by atoms with van der Waals surface area (Å²) in [4.78, 5) is 2.12. The largest absolute Gasteiger partial charge is 0.497 e. The lowest BCUT2D eigenvalue weighted by Crippen LogP contribution is -2.23. The second-order valence-corrected chi connectivity index (χ2v) is 3.52. The van der Waals surface area contributed by atoms with Gasteiger partial charge in [0.05, 0.1) is 19.9 Å². The number of nitrogens with zero attached hydrogens (tertiary/aromatic N) is 1. The molecule has 0 fully saturated rings. The van der Waals surface area contributed by atoms with Gasteiger partial charge < -0.3 is 14.4 Å². The Morgan fingerprint density at radius 3 is 2.24 bits per heavy atom. The van der Waals surface area contributed by atoms with Crippen LogP contribution in [-0.2, 0) is 0 Å². The van der Waals surface area contributed by atoms with E-state index in [1.807, 2.05) is 30.4 Å². The van der Waals surface area contributed by atoms with Gasteiger partial charge in [-0.1, -0.05) is 12.2 Å². The van der Waals surface area contributed by atoms with Crippen LogP contribution in [0.25, 0.3) is 0 Å². The molecule has 0 radical (unpaired) electrons. The fraction of sp³-hybridized carbons (Fsp3) is 0.286. The molecule has 0 aliphatic heterocycles. The molecule has 0 aliphatic carbocycles. The minimum atomic E-state index is 0.745. The lowest BCUT2D eigenvalue weighted by molar-refractivity contribution is 0.394. The van der Waals surface area contributed by atoms with Crippen molar-refractivity contribution in [3.8, 4) is 11.5 Å². The van der Waals surface area contributed by atoms with E-state index >= 15 is 0 Å². The maximum atomic E-state index is 5.37. The summed E-state index contributed by atoms with van der Waals surface area (Å²) in [6, 6.07) is 5.76. The normalized spacial score (nSPS) is 9.53. The van der Waals surface area contributed by atoms with Gasteiger partial charge >= 0.3 is 0 Å². The predicted molar refractivity (Wildman–Crippen MR) is 72.2 cm³/mol. The van der Waals surface area contributed by atoms with Crippen LogP contribution in [0.5, 0.6) is 11.5 Å². The van der Waals surface area contributed by atoms with E-state index in [0.717, 1.165) is 30.3 Å². The highest BCUT2D eigenvalue weighted by Gasteiger charge is 2.10. The zero-order valence-corrected chi connectivity index (χ0v) is 10.5. The van der Waals surface area contributed by atoms with Gasteiger partial charge in [0.15, 0.2) is 0 Å². The van der Waals surface area contributed by atoms with Crippen LogP contribution in [0.1, 0.15) is 0 Å². The molecule has 92 valence electrons. The van der Waals surface area contributed by atoms with Gasteiger partial charge in [-0.2, -0.15) is 0 Å². The molecule has 0 N–H and O–H groups in total. The van der Waals surface area contributed by atoms with Crippen molar-refractivity contribution in [2.24, 2.45) is 0 Å². The van der Waals surface area contributed by atoms with Gasteiger partial charge in [-0.05, 0) is 12.1 Å². The molecule has 3 nitrogen and oxygen atoms in total. The number of hydrogen-bond donors (Lipinski definition) is 0. The van der Waals surface area contributed by atoms with Crippen LogP contribution in [0.3, 0.4) is 0 Å². The number of ether oxygens (including phenoxy) is 2. The number of methoxy groups -OCH3 is 2. The first kappa shape index (κ1) is 13.2. The molecule has 1 aromatic carbocycles. The molecule has 0 unspecified atom stereocenters. The van der Waals surface area contributed by atoms with Gasteiger partial charge in [0.2, 0.25) is 0 Å². The molecule has 0 aliphatic rings. The van der Waals surface area contributed by atoms with Crippen LogP contribution >= 0.6 is 0 Å². The van der Waals surface area contributed by atoms with E-state index in [1.165, 1.54) is 0 Å². The second kappa shape index (κ2) is 6.63. The van der Waals surface area contributed by atoms with Crippen LogP contribution in [0.15, 0.2) is 43.5 Å². The van der Waals surface area contributed by atoms with Crippen molar-refractivity contribution in [3.63, 3.8) is 0 Å². The molecule has 0 spiro atoms. The van der Waals surface area contributed by atoms with Crippen LogP contribution in [0, 0.1) is 0 Å². The average Bonchev–Trinajstić information content (AvgIpc) is 2.37. The highest BCUT2D eigenvalue weighted by atomic mass is 16.5. The summed E-state index contributed by atoms with van der Waals surface area (Å²) in [5.74, 6) is 1.57. The first-order chi connectivity index (χ1) is 8.26. The fourth-order valence-electron chi connectivity index (χ4n) is 1.63. The van der Waals surface area contributed by atoms with Crippen LogP contribution < -0.4 is 14.4 Å². The van der Waals surface area contributed by atoms with Crippen molar-refractivity contribution >= 4 is 5.69 Å². The van der Waals surface area contributed by atoms with Gasteiger partial charge in [0.25, 0.3) is 0 Å². The van der Waals surface area contributed by atoms with Crippen molar-refractivity contribution in [3.05, 3.63) is 43.5 Å². The molecular weight excluding hydrogens is 214 g/mol. The molecule has 17 heavy (non-hydrogen) atoms. The first-order valence-electron chi connectivity index (χ1n) is 5.45. The summed E-state index contributed by atoms with van der Waals surface area (Å²) in [6.07, 6.45) is 3.71. The average molecular weight is 233 g/mol. The Bertz CT molecular complexity index is 378. The number of rotatable bonds is 7. The van der Waals surface area contributed by atoms with Gasteiger partial charge in [-0.3, -0.25) is 0 Å². The SMILES string of the molecule is C=CCN(CC=C)c1ccc(OC)cc1OC. The Morgan fingerprint density at radius 2 is 1.76 bits per heavy atom. The summed E-state index contributed by atoms with van der Waals surface area (Å²) >= 11 is 0. The van der Waals surface area contributed by atoms with Crippen molar-refractivity contribution in [2.75, 3.05) is 32.2 Å². The summed E-state index contributed by atoms with van der Waals surface area (Å²) in [6.45, 7) is 9.00. The van der Waals surface area contributed by atoms with E-state index in [4.69, 9.17) is 9.47 Å². The van der Waals surface area contributed by atoms with Crippen molar-refractivity contribution in [2.45, 2.75) is 0 Å². The van der Waals surface area contributed by atoms with Gasteiger partial charge in [0, 0.05) is 19.2 Å². The summed E-state index contributed by atoms with van der Waals surface area (Å²) < 4.78 is 10.5. The van der Waals surface area contributed by atoms with E-state index in [-0.39, 0.29) is 0 Å². The maximum absolute atomic E-state index is 5.37. The minimum absolute atomic E-state index is 0.745. The van der Waals surface area contributed by atoms with Crippen molar-refractivity contribution < 1.29 is 9.47 Å². The zero-order valence-electron chi connectivity index (χ0n) is 10.5. The van der Waals surface area contributed by atoms with Gasteiger partial charge in [0.1, 0.15) is 11.5 Å². The first-order valence-corrected chi connectivity index (χ1v) is 5.45. The zero-order chi connectivity index (χ0) is 12.7. The molecule has 0 bridgehead atoms. The van der Waals surface area contributed by atoms with Crippen molar-refractivity contribution in [1.29, 1.82) is 0 Å². The number of anilines is 1. The highest BCUT2D eigenvalue weighted by molar-refractivity contribution is 5.61. The van der Waals surface area contributed by atoms with E-state index in [2.05, 4.69) is 18.1 Å². The molecule has 0 heterocycles. The Hall–Kier alpha value is -1.90. The van der Waals surface area contributed by atoms with Crippen molar-refractivity contribution in [1.82, 2.24) is 0 Å². The molecule has 3 heteroatoms. The standard InChI is InChI=1S/C14H19NO2/c1-5-9-15(10-6-2)13-8-7-12(16-3)11-14(13)17-4/h5-8,11H,1-2,9-10H2,3-4H3. The van der Waals surface area contributed by atoms with Gasteiger partial charge in [-0.25, -0.2) is 0 Å². The smallest absolute Gasteiger partial charge is 0.145 e. The van der Waals surface area contributed by atoms with Crippen LogP contribution in [0.4, 0.5) is 5.69 Å². The molecule has 0 saturated carbocycles. The van der Waals surface area contributed by atoms with E-state index in [1.54, 1.807) is 14.2 Å². The molecular formula is C14H19NO2. The lowest BCUT2D eigenvalue weighted by Gasteiger charge is -2.24. The lowest BCUT2D eigenvalue weighted by atomic mass is 10.2. The third kappa shape index (κ3) is 3.28. The number of benzene rings is 1. The topological polar surface area (TPSA) is 21.7 Å². The van der Waals surface area contributed by atoms with E-state index in [9.17, 15) is 0 Å². The third-order valence-corrected chi connectivity index (χ3v) is 2.43. The molecule has 0 amide bonds. The summed E-state index contributed by atoms with van der Waals surface area (Å²) in [5, 5.41) is 0. The number of hydrogen-bond acceptors (Lipinski definition) is 3. The Kier molecular flexibility index (Phi) is 5.14. The van der Waals surface area contributed by atoms with Gasteiger partial charge in [-0.15, -0.1) is 13.2 Å².